The fraction of sp³-hybridized carbons (Fsp3) is 0.182. The summed E-state index contributed by atoms with van der Waals surface area (Å²) in [4.78, 5) is 16.1. The number of Topliss-reactive ketones (excluding diaryl/α,β-unsaturated/α-hetero) is 1. The summed E-state index contributed by atoms with van der Waals surface area (Å²) >= 11 is 0. The molecule has 1 heterocycles. The molecule has 0 N–H and O–H groups in total. The summed E-state index contributed by atoms with van der Waals surface area (Å²) in [5.74, 6) is 1.65. The standard InChI is InChI=1S/C22H21NO2/c1-14-5-8-20(13-15(14)2)25-19-9-6-18(7-10-19)22-12-11-21(17(4)24)16(3)23-22/h5-13H,1-4H3. The molecule has 1 aromatic heterocycles. The zero-order valence-electron chi connectivity index (χ0n) is 15.0. The number of ether oxygens (including phenoxy) is 1. The highest BCUT2D eigenvalue weighted by Crippen LogP contribution is 2.26. The number of aromatic nitrogens is 1. The molecule has 3 aromatic rings. The summed E-state index contributed by atoms with van der Waals surface area (Å²) in [5.41, 5.74) is 5.71. The number of hydrogen-bond acceptors (Lipinski definition) is 3. The molecular formula is C22H21NO2. The van der Waals surface area contributed by atoms with E-state index in [1.165, 1.54) is 11.1 Å². The lowest BCUT2D eigenvalue weighted by molar-refractivity contribution is 0.101. The van der Waals surface area contributed by atoms with Gasteiger partial charge in [0.2, 0.25) is 0 Å². The molecule has 0 spiro atoms. The van der Waals surface area contributed by atoms with Crippen molar-refractivity contribution in [2.45, 2.75) is 27.7 Å². The van der Waals surface area contributed by atoms with Crippen LogP contribution in [0.1, 0.15) is 34.1 Å². The Labute approximate surface area is 148 Å². The molecule has 0 amide bonds. The highest BCUT2D eigenvalue weighted by Gasteiger charge is 2.08. The molecule has 3 nitrogen and oxygen atoms in total. The number of rotatable bonds is 4. The van der Waals surface area contributed by atoms with Gasteiger partial charge in [0.05, 0.1) is 5.69 Å². The summed E-state index contributed by atoms with van der Waals surface area (Å²) in [5, 5.41) is 0. The Morgan fingerprint density at radius 2 is 1.52 bits per heavy atom. The smallest absolute Gasteiger partial charge is 0.161 e. The molecular weight excluding hydrogens is 310 g/mol. The van der Waals surface area contributed by atoms with E-state index in [1.807, 2.05) is 55.5 Å². The quantitative estimate of drug-likeness (QED) is 0.578. The number of aryl methyl sites for hydroxylation is 3. The van der Waals surface area contributed by atoms with Gasteiger partial charge < -0.3 is 4.74 Å². The lowest BCUT2D eigenvalue weighted by atomic mass is 10.1. The molecule has 0 atom stereocenters. The van der Waals surface area contributed by atoms with Gasteiger partial charge in [-0.2, -0.15) is 0 Å². The van der Waals surface area contributed by atoms with Crippen molar-refractivity contribution in [2.24, 2.45) is 0 Å². The number of carbonyl (C=O) groups is 1. The van der Waals surface area contributed by atoms with Crippen LogP contribution in [0, 0.1) is 20.8 Å². The van der Waals surface area contributed by atoms with Gasteiger partial charge in [-0.05, 0) is 87.4 Å². The summed E-state index contributed by atoms with van der Waals surface area (Å²) in [6, 6.07) is 17.6. The van der Waals surface area contributed by atoms with E-state index in [0.29, 0.717) is 5.56 Å². The maximum Gasteiger partial charge on any atom is 0.161 e. The minimum absolute atomic E-state index is 0.0358. The predicted octanol–water partition coefficient (Wildman–Crippen LogP) is 5.67. The molecule has 0 aliphatic rings. The Morgan fingerprint density at radius 3 is 2.12 bits per heavy atom. The lowest BCUT2D eigenvalue weighted by Gasteiger charge is -2.09. The van der Waals surface area contributed by atoms with Crippen molar-refractivity contribution in [3.8, 4) is 22.8 Å². The topological polar surface area (TPSA) is 39.2 Å². The van der Waals surface area contributed by atoms with Gasteiger partial charge >= 0.3 is 0 Å². The zero-order valence-corrected chi connectivity index (χ0v) is 15.0. The van der Waals surface area contributed by atoms with Gasteiger partial charge in [-0.15, -0.1) is 0 Å². The van der Waals surface area contributed by atoms with Gasteiger partial charge in [-0.25, -0.2) is 0 Å². The van der Waals surface area contributed by atoms with Crippen molar-refractivity contribution in [1.82, 2.24) is 4.98 Å². The summed E-state index contributed by atoms with van der Waals surface area (Å²) in [7, 11) is 0. The highest BCUT2D eigenvalue weighted by atomic mass is 16.5. The van der Waals surface area contributed by atoms with Crippen LogP contribution in [-0.2, 0) is 0 Å². The minimum Gasteiger partial charge on any atom is -0.457 e. The number of nitrogens with zero attached hydrogens (tertiary/aromatic N) is 1. The molecule has 0 bridgehead atoms. The molecule has 2 aromatic carbocycles. The predicted molar refractivity (Wildman–Crippen MR) is 100 cm³/mol. The number of ketones is 1. The van der Waals surface area contributed by atoms with Crippen LogP contribution < -0.4 is 4.74 Å². The van der Waals surface area contributed by atoms with E-state index in [4.69, 9.17) is 4.74 Å². The molecule has 0 aliphatic carbocycles. The molecule has 0 unspecified atom stereocenters. The third-order valence-corrected chi connectivity index (χ3v) is 4.33. The van der Waals surface area contributed by atoms with Gasteiger partial charge in [0.15, 0.2) is 5.78 Å². The first-order valence-electron chi connectivity index (χ1n) is 8.28. The first kappa shape index (κ1) is 16.9. The van der Waals surface area contributed by atoms with Crippen molar-refractivity contribution in [3.05, 3.63) is 77.0 Å². The second-order valence-corrected chi connectivity index (χ2v) is 6.26. The number of carbonyl (C=O) groups excluding carboxylic acids is 1. The van der Waals surface area contributed by atoms with E-state index in [-0.39, 0.29) is 5.78 Å². The summed E-state index contributed by atoms with van der Waals surface area (Å²) in [6.45, 7) is 7.57. The van der Waals surface area contributed by atoms with Gasteiger partial charge in [0.25, 0.3) is 0 Å². The molecule has 0 aliphatic heterocycles. The first-order valence-corrected chi connectivity index (χ1v) is 8.28. The van der Waals surface area contributed by atoms with Crippen LogP contribution in [0.15, 0.2) is 54.6 Å². The van der Waals surface area contributed by atoms with Gasteiger partial charge in [0, 0.05) is 16.8 Å². The third kappa shape index (κ3) is 3.77. The van der Waals surface area contributed by atoms with Crippen LogP contribution in [0.3, 0.4) is 0 Å². The largest absolute Gasteiger partial charge is 0.457 e. The van der Waals surface area contributed by atoms with E-state index in [1.54, 1.807) is 6.92 Å². The van der Waals surface area contributed by atoms with Gasteiger partial charge in [0.1, 0.15) is 11.5 Å². The maximum atomic E-state index is 11.5. The number of hydrogen-bond donors (Lipinski definition) is 0. The normalized spacial score (nSPS) is 10.6. The van der Waals surface area contributed by atoms with Crippen molar-refractivity contribution in [1.29, 1.82) is 0 Å². The van der Waals surface area contributed by atoms with E-state index in [9.17, 15) is 4.79 Å². The molecule has 126 valence electrons. The Bertz CT molecular complexity index is 927. The highest BCUT2D eigenvalue weighted by molar-refractivity contribution is 5.95. The molecule has 0 radical (unpaired) electrons. The first-order chi connectivity index (χ1) is 11.9. The second kappa shape index (κ2) is 6.89. The number of pyridine rings is 1. The molecule has 0 fully saturated rings. The lowest BCUT2D eigenvalue weighted by Crippen LogP contribution is -1.99. The Kier molecular flexibility index (Phi) is 4.66. The van der Waals surface area contributed by atoms with E-state index < -0.39 is 0 Å². The minimum atomic E-state index is 0.0358. The number of benzene rings is 2. The van der Waals surface area contributed by atoms with Crippen molar-refractivity contribution in [3.63, 3.8) is 0 Å². The van der Waals surface area contributed by atoms with E-state index in [2.05, 4.69) is 24.9 Å². The van der Waals surface area contributed by atoms with Crippen LogP contribution in [0.5, 0.6) is 11.5 Å². The molecule has 0 saturated heterocycles. The molecule has 3 heteroatoms. The fourth-order valence-electron chi connectivity index (χ4n) is 2.70. The summed E-state index contributed by atoms with van der Waals surface area (Å²) in [6.07, 6.45) is 0. The van der Waals surface area contributed by atoms with Gasteiger partial charge in [-0.1, -0.05) is 6.07 Å². The van der Waals surface area contributed by atoms with Crippen molar-refractivity contribution in [2.75, 3.05) is 0 Å². The summed E-state index contributed by atoms with van der Waals surface area (Å²) < 4.78 is 5.91. The fourth-order valence-corrected chi connectivity index (χ4v) is 2.70. The second-order valence-electron chi connectivity index (χ2n) is 6.26. The molecule has 3 rings (SSSR count). The Morgan fingerprint density at radius 1 is 0.840 bits per heavy atom. The van der Waals surface area contributed by atoms with Gasteiger partial charge in [-0.3, -0.25) is 9.78 Å². The molecule has 0 saturated carbocycles. The zero-order chi connectivity index (χ0) is 18.0. The van der Waals surface area contributed by atoms with Crippen molar-refractivity contribution >= 4 is 5.78 Å². The van der Waals surface area contributed by atoms with Crippen LogP contribution in [0.4, 0.5) is 0 Å². The van der Waals surface area contributed by atoms with Crippen LogP contribution >= 0.6 is 0 Å². The SMILES string of the molecule is CC(=O)c1ccc(-c2ccc(Oc3ccc(C)c(C)c3)cc2)nc1C. The van der Waals surface area contributed by atoms with Crippen LogP contribution in [0.2, 0.25) is 0 Å². The van der Waals surface area contributed by atoms with E-state index >= 15 is 0 Å². The van der Waals surface area contributed by atoms with Crippen LogP contribution in [-0.4, -0.2) is 10.8 Å². The Balaban J connectivity index is 1.81. The maximum absolute atomic E-state index is 11.5. The molecule has 25 heavy (non-hydrogen) atoms. The third-order valence-electron chi connectivity index (χ3n) is 4.33. The Hall–Kier alpha value is -2.94. The average molecular weight is 331 g/mol. The average Bonchev–Trinajstić information content (AvgIpc) is 2.58. The van der Waals surface area contributed by atoms with Crippen molar-refractivity contribution < 1.29 is 9.53 Å². The monoisotopic (exact) mass is 331 g/mol. The van der Waals surface area contributed by atoms with E-state index in [0.717, 1.165) is 28.5 Å². The van der Waals surface area contributed by atoms with Crippen LogP contribution in [0.25, 0.3) is 11.3 Å².